The maximum absolute atomic E-state index is 11.9. The fourth-order valence-corrected chi connectivity index (χ4v) is 1.99. The number of Topliss-reactive ketones (excluding diaryl/α,β-unsaturated/α-hetero) is 3. The van der Waals surface area contributed by atoms with Crippen LogP contribution in [0.1, 0.15) is 20.8 Å². The van der Waals surface area contributed by atoms with Crippen LogP contribution in [0.15, 0.2) is 4.99 Å². The van der Waals surface area contributed by atoms with Crippen molar-refractivity contribution in [2.45, 2.75) is 44.7 Å². The number of aliphatic hydroxyl groups excluding tert-OH is 4. The van der Waals surface area contributed by atoms with Crippen LogP contribution in [0.4, 0.5) is 0 Å². The molecule has 0 bridgehead atoms. The predicted molar refractivity (Wildman–Crippen MR) is 85.3 cm³/mol. The van der Waals surface area contributed by atoms with Gasteiger partial charge in [0.25, 0.3) is 11.4 Å². The molecule has 148 valence electrons. The standard InChI is InChI=1S/C12H18O9.C3H5NO/c1-5(14)10(19)12(6(2)15,21-7(3)16)11(20)9(18)8(17)4-13;1-2-5-3-4-1/h8-9,11,13,17-18,20H,4H2,1-3H3;3H,1-2H2/t8?,9?,11?,12-;/m0./s1. The zero-order valence-corrected chi connectivity index (χ0v) is 14.6. The van der Waals surface area contributed by atoms with Crippen LogP contribution in [0.2, 0.25) is 0 Å². The van der Waals surface area contributed by atoms with Crippen LogP contribution < -0.4 is 0 Å². The number of hydrogen-bond acceptors (Lipinski definition) is 11. The average molecular weight is 377 g/mol. The van der Waals surface area contributed by atoms with Gasteiger partial charge in [0.05, 0.1) is 13.2 Å². The summed E-state index contributed by atoms with van der Waals surface area (Å²) < 4.78 is 9.19. The summed E-state index contributed by atoms with van der Waals surface area (Å²) in [5.74, 6) is -5.13. The van der Waals surface area contributed by atoms with E-state index in [1.54, 1.807) is 0 Å². The summed E-state index contributed by atoms with van der Waals surface area (Å²) in [7, 11) is 0. The average Bonchev–Trinajstić information content (AvgIpc) is 3.16. The van der Waals surface area contributed by atoms with E-state index in [0.717, 1.165) is 33.9 Å². The molecule has 26 heavy (non-hydrogen) atoms. The summed E-state index contributed by atoms with van der Waals surface area (Å²) in [5, 5.41) is 37.6. The van der Waals surface area contributed by atoms with Crippen molar-refractivity contribution in [2.75, 3.05) is 19.8 Å². The zero-order valence-electron chi connectivity index (χ0n) is 14.6. The molecule has 3 unspecified atom stereocenters. The van der Waals surface area contributed by atoms with Crippen molar-refractivity contribution in [3.8, 4) is 0 Å². The molecule has 4 atom stereocenters. The van der Waals surface area contributed by atoms with Crippen LogP contribution in [0.5, 0.6) is 0 Å². The van der Waals surface area contributed by atoms with Crippen LogP contribution in [0.25, 0.3) is 0 Å². The van der Waals surface area contributed by atoms with Gasteiger partial charge < -0.3 is 29.9 Å². The summed E-state index contributed by atoms with van der Waals surface area (Å²) in [6.45, 7) is 3.00. The second-order valence-electron chi connectivity index (χ2n) is 5.34. The van der Waals surface area contributed by atoms with Gasteiger partial charge in [-0.3, -0.25) is 24.2 Å². The molecule has 0 fully saturated rings. The Morgan fingerprint density at radius 1 is 1.19 bits per heavy atom. The van der Waals surface area contributed by atoms with E-state index in [-0.39, 0.29) is 0 Å². The molecule has 0 saturated carbocycles. The van der Waals surface area contributed by atoms with Crippen molar-refractivity contribution in [2.24, 2.45) is 4.99 Å². The molecular formula is C15H23NO10. The SMILES string of the molecule is C1=NCCO1.CC(=O)O[C@@](C(C)=O)(C(=O)C(C)=O)C(O)C(O)C(O)CO. The Hall–Kier alpha value is -2.21. The minimum atomic E-state index is -2.98. The van der Waals surface area contributed by atoms with Crippen LogP contribution >= 0.6 is 0 Å². The fraction of sp³-hybridized carbons (Fsp3) is 0.667. The minimum absolute atomic E-state index is 0.769. The lowest BCUT2D eigenvalue weighted by Crippen LogP contribution is -2.65. The lowest BCUT2D eigenvalue weighted by molar-refractivity contribution is -0.197. The van der Waals surface area contributed by atoms with Gasteiger partial charge in [0.2, 0.25) is 0 Å². The Balaban J connectivity index is 0.00000106. The molecule has 0 aromatic heterocycles. The molecule has 11 nitrogen and oxygen atoms in total. The normalized spacial score (nSPS) is 18.3. The van der Waals surface area contributed by atoms with E-state index in [2.05, 4.69) is 14.5 Å². The molecule has 1 rings (SSSR count). The molecule has 0 spiro atoms. The summed E-state index contributed by atoms with van der Waals surface area (Å²) >= 11 is 0. The monoisotopic (exact) mass is 377 g/mol. The summed E-state index contributed by atoms with van der Waals surface area (Å²) in [6, 6.07) is 0. The Morgan fingerprint density at radius 3 is 2.04 bits per heavy atom. The predicted octanol–water partition coefficient (Wildman–Crippen LogP) is -2.84. The second kappa shape index (κ2) is 10.7. The van der Waals surface area contributed by atoms with Gasteiger partial charge >= 0.3 is 5.97 Å². The van der Waals surface area contributed by atoms with E-state index in [9.17, 15) is 34.5 Å². The number of aliphatic hydroxyl groups is 4. The number of carbonyl (C=O) groups is 4. The van der Waals surface area contributed by atoms with Gasteiger partial charge in [0.15, 0.2) is 18.0 Å². The summed E-state index contributed by atoms with van der Waals surface area (Å²) in [6.07, 6.45) is -5.08. The van der Waals surface area contributed by atoms with E-state index >= 15 is 0 Å². The van der Waals surface area contributed by atoms with Gasteiger partial charge in [-0.1, -0.05) is 0 Å². The Morgan fingerprint density at radius 2 is 1.77 bits per heavy atom. The number of hydrogen-bond donors (Lipinski definition) is 4. The molecule has 1 heterocycles. The van der Waals surface area contributed by atoms with E-state index in [1.165, 1.54) is 6.40 Å². The highest BCUT2D eigenvalue weighted by Gasteiger charge is 2.57. The molecule has 0 radical (unpaired) electrons. The quantitative estimate of drug-likeness (QED) is 0.195. The van der Waals surface area contributed by atoms with Crippen molar-refractivity contribution in [1.29, 1.82) is 0 Å². The van der Waals surface area contributed by atoms with E-state index in [4.69, 9.17) is 5.11 Å². The highest BCUT2D eigenvalue weighted by Crippen LogP contribution is 2.25. The third-order valence-corrected chi connectivity index (χ3v) is 3.29. The number of aliphatic imine (C=N–C) groups is 1. The van der Waals surface area contributed by atoms with Gasteiger partial charge in [-0.15, -0.1) is 0 Å². The third-order valence-electron chi connectivity index (χ3n) is 3.29. The van der Waals surface area contributed by atoms with Gasteiger partial charge in [0, 0.05) is 13.8 Å². The van der Waals surface area contributed by atoms with Gasteiger partial charge in [0.1, 0.15) is 24.9 Å². The van der Waals surface area contributed by atoms with Crippen LogP contribution in [-0.4, -0.2) is 93.8 Å². The number of carbonyl (C=O) groups excluding carboxylic acids is 4. The molecule has 0 aromatic carbocycles. The number of nitrogens with zero attached hydrogens (tertiary/aromatic N) is 1. The summed E-state index contributed by atoms with van der Waals surface area (Å²) in [5.41, 5.74) is -2.98. The molecule has 0 aromatic rings. The number of rotatable bonds is 8. The molecule has 0 saturated heterocycles. The second-order valence-corrected chi connectivity index (χ2v) is 5.34. The van der Waals surface area contributed by atoms with Gasteiger partial charge in [-0.25, -0.2) is 0 Å². The Kier molecular flexibility index (Phi) is 9.80. The van der Waals surface area contributed by atoms with Crippen molar-refractivity contribution in [3.63, 3.8) is 0 Å². The van der Waals surface area contributed by atoms with E-state index in [1.807, 2.05) is 0 Å². The van der Waals surface area contributed by atoms with Crippen molar-refractivity contribution < 1.29 is 49.1 Å². The smallest absolute Gasteiger partial charge is 0.304 e. The Labute approximate surface area is 149 Å². The fourth-order valence-electron chi connectivity index (χ4n) is 1.99. The first-order valence-electron chi connectivity index (χ1n) is 7.53. The van der Waals surface area contributed by atoms with Crippen LogP contribution in [0.3, 0.4) is 0 Å². The molecule has 11 heteroatoms. The van der Waals surface area contributed by atoms with E-state index < -0.39 is 53.8 Å². The first kappa shape index (κ1) is 23.8. The molecule has 1 aliphatic rings. The molecular weight excluding hydrogens is 354 g/mol. The van der Waals surface area contributed by atoms with Crippen molar-refractivity contribution in [1.82, 2.24) is 0 Å². The van der Waals surface area contributed by atoms with Gasteiger partial charge in [-0.2, -0.15) is 0 Å². The largest absolute Gasteiger partial charge is 0.482 e. The van der Waals surface area contributed by atoms with Crippen molar-refractivity contribution >= 4 is 29.7 Å². The Bertz CT molecular complexity index is 555. The van der Waals surface area contributed by atoms with E-state index in [0.29, 0.717) is 0 Å². The number of esters is 1. The first-order valence-corrected chi connectivity index (χ1v) is 7.53. The molecule has 0 amide bonds. The van der Waals surface area contributed by atoms with Gasteiger partial charge in [-0.05, 0) is 6.92 Å². The van der Waals surface area contributed by atoms with Crippen LogP contribution in [0, 0.1) is 0 Å². The topological polar surface area (TPSA) is 180 Å². The maximum Gasteiger partial charge on any atom is 0.304 e. The number of ketones is 3. The highest BCUT2D eigenvalue weighted by molar-refractivity contribution is 6.44. The number of ether oxygens (including phenoxy) is 2. The summed E-state index contributed by atoms with van der Waals surface area (Å²) in [4.78, 5) is 49.8. The molecule has 1 aliphatic heterocycles. The first-order chi connectivity index (χ1) is 12.0. The molecule has 4 N–H and O–H groups in total. The minimum Gasteiger partial charge on any atom is -0.482 e. The third kappa shape index (κ3) is 5.95. The van der Waals surface area contributed by atoms with Crippen LogP contribution in [-0.2, 0) is 28.7 Å². The lowest BCUT2D eigenvalue weighted by atomic mass is 9.81. The zero-order chi connectivity index (χ0) is 20.5. The highest BCUT2D eigenvalue weighted by atomic mass is 16.6. The lowest BCUT2D eigenvalue weighted by Gasteiger charge is -2.36. The molecule has 0 aliphatic carbocycles. The van der Waals surface area contributed by atoms with Crippen molar-refractivity contribution in [3.05, 3.63) is 0 Å². The maximum atomic E-state index is 11.9.